The first-order valence-corrected chi connectivity index (χ1v) is 11.8. The molecule has 7 nitrogen and oxygen atoms in total. The van der Waals surface area contributed by atoms with Gasteiger partial charge in [-0.1, -0.05) is 29.8 Å². The summed E-state index contributed by atoms with van der Waals surface area (Å²) < 4.78 is 6.12. The first-order valence-electron chi connectivity index (χ1n) is 11.8. The van der Waals surface area contributed by atoms with Gasteiger partial charge >= 0.3 is 5.97 Å². The molecule has 0 aliphatic carbocycles. The molecule has 184 valence electrons. The Morgan fingerprint density at radius 3 is 2.14 bits per heavy atom. The summed E-state index contributed by atoms with van der Waals surface area (Å²) in [4.78, 5) is 27.5. The topological polar surface area (TPSA) is 95.5 Å². The highest BCUT2D eigenvalue weighted by atomic mass is 16.5. The number of aliphatic carboxylic acids is 1. The van der Waals surface area contributed by atoms with Gasteiger partial charge in [0, 0.05) is 24.3 Å². The summed E-state index contributed by atoms with van der Waals surface area (Å²) in [5.41, 5.74) is 7.98. The predicted molar refractivity (Wildman–Crippen MR) is 134 cm³/mol. The van der Waals surface area contributed by atoms with Gasteiger partial charge in [-0.15, -0.1) is 0 Å². The van der Waals surface area contributed by atoms with Crippen LogP contribution in [0.1, 0.15) is 76.4 Å². The van der Waals surface area contributed by atoms with Crippen LogP contribution in [0.2, 0.25) is 0 Å². The molecule has 0 saturated carbocycles. The van der Waals surface area contributed by atoms with E-state index in [9.17, 15) is 14.7 Å². The highest BCUT2D eigenvalue weighted by Gasteiger charge is 2.36. The Hall–Kier alpha value is -3.45. The third kappa shape index (κ3) is 4.73. The Kier molecular flexibility index (Phi) is 6.32. The largest absolute Gasteiger partial charge is 0.479 e. The summed E-state index contributed by atoms with van der Waals surface area (Å²) in [5, 5.41) is 17.2. The molecule has 0 spiro atoms. The molecule has 0 fully saturated rings. The van der Waals surface area contributed by atoms with Crippen molar-refractivity contribution in [3.8, 4) is 11.1 Å². The van der Waals surface area contributed by atoms with Crippen LogP contribution in [0, 0.1) is 27.7 Å². The molecule has 0 bridgehead atoms. The van der Waals surface area contributed by atoms with Gasteiger partial charge in [0.05, 0.1) is 5.60 Å². The van der Waals surface area contributed by atoms with Crippen molar-refractivity contribution in [1.29, 1.82) is 0 Å². The van der Waals surface area contributed by atoms with E-state index in [-0.39, 0.29) is 5.91 Å². The third-order valence-corrected chi connectivity index (χ3v) is 6.53. The van der Waals surface area contributed by atoms with Crippen LogP contribution < -0.4 is 0 Å². The Labute approximate surface area is 206 Å². The monoisotopic (exact) mass is 475 g/mol. The van der Waals surface area contributed by atoms with E-state index in [0.29, 0.717) is 24.3 Å². The molecule has 0 unspecified atom stereocenters. The maximum Gasteiger partial charge on any atom is 0.337 e. The molecule has 1 atom stereocenters. The zero-order chi connectivity index (χ0) is 25.7. The maximum absolute atomic E-state index is 13.2. The number of fused-ring (bicyclic) bond motifs is 1. The van der Waals surface area contributed by atoms with Crippen LogP contribution in [0.25, 0.3) is 11.1 Å². The molecule has 1 aliphatic rings. The van der Waals surface area contributed by atoms with Crippen molar-refractivity contribution < 1.29 is 19.4 Å². The van der Waals surface area contributed by atoms with E-state index in [2.05, 4.69) is 10.2 Å². The smallest absolute Gasteiger partial charge is 0.337 e. The first kappa shape index (κ1) is 24.7. The van der Waals surface area contributed by atoms with Crippen molar-refractivity contribution in [3.63, 3.8) is 0 Å². The van der Waals surface area contributed by atoms with Crippen LogP contribution >= 0.6 is 0 Å². The van der Waals surface area contributed by atoms with Crippen molar-refractivity contribution in [1.82, 2.24) is 15.1 Å². The number of hydrogen-bond donors (Lipinski definition) is 2. The minimum absolute atomic E-state index is 0.150. The summed E-state index contributed by atoms with van der Waals surface area (Å²) in [6.45, 7) is 14.3. The predicted octanol–water partition coefficient (Wildman–Crippen LogP) is 5.41. The first-order chi connectivity index (χ1) is 16.4. The molecule has 1 aromatic heterocycles. The SMILES string of the molecule is Cc1ccc(-c2c(C)c3c(c(C)c2[C@H](OC(C)(C)C)C(=O)O)CN(C(=O)c2cc(C)[nH]n2)C3)cc1. The second-order valence-electron chi connectivity index (χ2n) is 10.4. The average molecular weight is 476 g/mol. The quantitative estimate of drug-likeness (QED) is 0.515. The number of nitrogens with zero attached hydrogens (tertiary/aromatic N) is 2. The van der Waals surface area contributed by atoms with Gasteiger partial charge in [0.15, 0.2) is 6.10 Å². The van der Waals surface area contributed by atoms with Gasteiger partial charge in [-0.2, -0.15) is 5.10 Å². The normalized spacial score (nSPS) is 14.2. The van der Waals surface area contributed by atoms with Crippen LogP contribution in [0.4, 0.5) is 0 Å². The molecule has 3 aromatic rings. The van der Waals surface area contributed by atoms with Crippen LogP contribution in [0.15, 0.2) is 30.3 Å². The lowest BCUT2D eigenvalue weighted by atomic mass is 9.83. The van der Waals surface area contributed by atoms with Crippen LogP contribution in [-0.4, -0.2) is 37.7 Å². The highest BCUT2D eigenvalue weighted by molar-refractivity contribution is 5.93. The van der Waals surface area contributed by atoms with E-state index in [0.717, 1.165) is 44.6 Å². The average Bonchev–Trinajstić information content (AvgIpc) is 3.41. The van der Waals surface area contributed by atoms with Gasteiger partial charge in [-0.05, 0) is 87.9 Å². The lowest BCUT2D eigenvalue weighted by Crippen LogP contribution is -2.28. The summed E-state index contributed by atoms with van der Waals surface area (Å²) in [7, 11) is 0. The van der Waals surface area contributed by atoms with E-state index >= 15 is 0 Å². The summed E-state index contributed by atoms with van der Waals surface area (Å²) in [5.74, 6) is -1.18. The molecule has 2 N–H and O–H groups in total. The fourth-order valence-electron chi connectivity index (χ4n) is 4.86. The standard InChI is InChI=1S/C28H33N3O4/c1-15-8-10-19(11-9-15)23-17(3)20-13-31(26(32)22-12-16(2)29-30-22)14-21(20)18(4)24(23)25(27(33)34)35-28(5,6)7/h8-12,25H,13-14H2,1-7H3,(H,29,30)(H,33,34)/t25-/m0/s1. The zero-order valence-electron chi connectivity index (χ0n) is 21.4. The fraction of sp³-hybridized carbons (Fsp3) is 0.393. The number of carbonyl (C=O) groups is 2. The van der Waals surface area contributed by atoms with Crippen molar-refractivity contribution in [2.24, 2.45) is 0 Å². The number of amides is 1. The number of carbonyl (C=O) groups excluding carboxylic acids is 1. The number of ether oxygens (including phenoxy) is 1. The molecular weight excluding hydrogens is 442 g/mol. The number of carboxylic acids is 1. The Morgan fingerprint density at radius 2 is 1.63 bits per heavy atom. The molecule has 0 saturated heterocycles. The second kappa shape index (κ2) is 8.96. The van der Waals surface area contributed by atoms with E-state index in [4.69, 9.17) is 4.74 Å². The molecular formula is C28H33N3O4. The lowest BCUT2D eigenvalue weighted by Gasteiger charge is -2.29. The van der Waals surface area contributed by atoms with E-state index in [1.165, 1.54) is 0 Å². The van der Waals surface area contributed by atoms with Crippen molar-refractivity contribution in [3.05, 3.63) is 75.1 Å². The maximum atomic E-state index is 13.2. The van der Waals surface area contributed by atoms with Crippen molar-refractivity contribution in [2.75, 3.05) is 0 Å². The van der Waals surface area contributed by atoms with Crippen molar-refractivity contribution in [2.45, 2.75) is 73.3 Å². The number of aromatic nitrogens is 2. The molecule has 2 aromatic carbocycles. The van der Waals surface area contributed by atoms with Gasteiger partial charge in [-0.25, -0.2) is 4.79 Å². The van der Waals surface area contributed by atoms with Gasteiger partial charge < -0.3 is 14.7 Å². The number of rotatable bonds is 5. The fourth-order valence-corrected chi connectivity index (χ4v) is 4.86. The number of nitrogens with one attached hydrogen (secondary N) is 1. The van der Waals surface area contributed by atoms with Crippen LogP contribution in [0.5, 0.6) is 0 Å². The van der Waals surface area contributed by atoms with Crippen molar-refractivity contribution >= 4 is 11.9 Å². The number of aromatic amines is 1. The number of H-pyrrole nitrogens is 1. The van der Waals surface area contributed by atoms with Gasteiger partial charge in [0.2, 0.25) is 0 Å². The zero-order valence-corrected chi connectivity index (χ0v) is 21.4. The molecule has 7 heteroatoms. The number of aryl methyl sites for hydroxylation is 2. The van der Waals surface area contributed by atoms with Crippen LogP contribution in [-0.2, 0) is 22.6 Å². The molecule has 2 heterocycles. The molecule has 0 radical (unpaired) electrons. The number of hydrogen-bond acceptors (Lipinski definition) is 4. The Bertz CT molecular complexity index is 1300. The van der Waals surface area contributed by atoms with E-state index in [1.54, 1.807) is 11.0 Å². The Morgan fingerprint density at radius 1 is 1.03 bits per heavy atom. The minimum Gasteiger partial charge on any atom is -0.479 e. The summed E-state index contributed by atoms with van der Waals surface area (Å²) in [6.07, 6.45) is -1.14. The number of benzene rings is 2. The van der Waals surface area contributed by atoms with E-state index < -0.39 is 17.7 Å². The van der Waals surface area contributed by atoms with Crippen LogP contribution in [0.3, 0.4) is 0 Å². The van der Waals surface area contributed by atoms with E-state index in [1.807, 2.05) is 72.7 Å². The third-order valence-electron chi connectivity index (χ3n) is 6.53. The van der Waals surface area contributed by atoms with Gasteiger partial charge in [0.25, 0.3) is 5.91 Å². The van der Waals surface area contributed by atoms with Gasteiger partial charge in [0.1, 0.15) is 5.69 Å². The van der Waals surface area contributed by atoms with Gasteiger partial charge in [-0.3, -0.25) is 9.89 Å². The molecule has 35 heavy (non-hydrogen) atoms. The molecule has 4 rings (SSSR count). The number of carboxylic acid groups (broad SMARTS) is 1. The molecule has 1 amide bonds. The minimum atomic E-state index is -1.14. The summed E-state index contributed by atoms with van der Waals surface area (Å²) >= 11 is 0. The Balaban J connectivity index is 1.90. The second-order valence-corrected chi connectivity index (χ2v) is 10.4. The summed E-state index contributed by atoms with van der Waals surface area (Å²) in [6, 6.07) is 9.83. The molecule has 1 aliphatic heterocycles. The highest BCUT2D eigenvalue weighted by Crippen LogP contribution is 2.43. The lowest BCUT2D eigenvalue weighted by molar-refractivity contribution is -0.160.